The Morgan fingerprint density at radius 3 is 2.23 bits per heavy atom. The van der Waals surface area contributed by atoms with Crippen molar-refractivity contribution in [3.8, 4) is 11.5 Å². The summed E-state index contributed by atoms with van der Waals surface area (Å²) in [5.74, 6) is 0.115. The van der Waals surface area contributed by atoms with E-state index in [4.69, 9.17) is 14.2 Å². The number of esters is 2. The molecular weight excluding hydrogens is 400 g/mol. The molecule has 0 amide bonds. The lowest BCUT2D eigenvalue weighted by molar-refractivity contribution is 0.0505. The van der Waals surface area contributed by atoms with E-state index < -0.39 is 11.9 Å². The zero-order valence-corrected chi connectivity index (χ0v) is 16.5. The van der Waals surface area contributed by atoms with E-state index in [2.05, 4.69) is 15.9 Å². The molecule has 0 unspecified atom stereocenters. The van der Waals surface area contributed by atoms with Crippen LogP contribution in [-0.2, 0) is 4.74 Å². The fraction of sp³-hybridized carbons (Fsp3) is 0.300. The van der Waals surface area contributed by atoms with Crippen molar-refractivity contribution in [3.63, 3.8) is 0 Å². The maximum absolute atomic E-state index is 12.3. The number of hydrogen-bond donors (Lipinski definition) is 0. The average Bonchev–Trinajstić information content (AvgIpc) is 2.61. The molecule has 0 aliphatic carbocycles. The van der Waals surface area contributed by atoms with Crippen molar-refractivity contribution >= 4 is 27.9 Å². The van der Waals surface area contributed by atoms with E-state index in [1.54, 1.807) is 42.5 Å². The number of rotatable bonds is 7. The third-order valence-corrected chi connectivity index (χ3v) is 3.89. The van der Waals surface area contributed by atoms with Gasteiger partial charge >= 0.3 is 11.9 Å². The van der Waals surface area contributed by atoms with Gasteiger partial charge in [-0.15, -0.1) is 0 Å². The average molecular weight is 421 g/mol. The van der Waals surface area contributed by atoms with Crippen LogP contribution in [0.4, 0.5) is 0 Å². The molecule has 0 aromatic heterocycles. The monoisotopic (exact) mass is 420 g/mol. The number of ether oxygens (including phenoxy) is 3. The van der Waals surface area contributed by atoms with E-state index in [0.717, 1.165) is 6.42 Å². The molecule has 0 saturated carbocycles. The lowest BCUT2D eigenvalue weighted by Gasteiger charge is -2.12. The second-order valence-corrected chi connectivity index (χ2v) is 6.72. The Bertz CT molecular complexity index is 768. The first kappa shape index (κ1) is 20.0. The highest BCUT2D eigenvalue weighted by Crippen LogP contribution is 2.27. The van der Waals surface area contributed by atoms with Crippen molar-refractivity contribution in [2.45, 2.75) is 33.3 Å². The SMILES string of the molecule is CCCOC(=O)c1ccc(OC(=O)c2ccc(OC(C)C)c(Br)c2)cc1. The minimum atomic E-state index is -0.497. The molecule has 0 radical (unpaired) electrons. The molecule has 0 N–H and O–H groups in total. The topological polar surface area (TPSA) is 61.8 Å². The molecule has 2 aromatic rings. The van der Waals surface area contributed by atoms with Gasteiger partial charge in [0.1, 0.15) is 11.5 Å². The van der Waals surface area contributed by atoms with Crippen LogP contribution in [0, 0.1) is 0 Å². The van der Waals surface area contributed by atoms with E-state index in [9.17, 15) is 9.59 Å². The quantitative estimate of drug-likeness (QED) is 0.464. The molecule has 0 aliphatic heterocycles. The highest BCUT2D eigenvalue weighted by Gasteiger charge is 2.13. The smallest absolute Gasteiger partial charge is 0.343 e. The number of halogens is 1. The van der Waals surface area contributed by atoms with E-state index in [0.29, 0.717) is 33.7 Å². The van der Waals surface area contributed by atoms with Gasteiger partial charge in [0.2, 0.25) is 0 Å². The Kier molecular flexibility index (Phi) is 7.21. The molecule has 0 aliphatic rings. The molecule has 0 heterocycles. The van der Waals surface area contributed by atoms with Crippen molar-refractivity contribution in [1.82, 2.24) is 0 Å². The summed E-state index contributed by atoms with van der Waals surface area (Å²) in [5, 5.41) is 0. The lowest BCUT2D eigenvalue weighted by Crippen LogP contribution is -2.10. The molecule has 2 aromatic carbocycles. The predicted molar refractivity (Wildman–Crippen MR) is 102 cm³/mol. The summed E-state index contributed by atoms with van der Waals surface area (Å²) < 4.78 is 16.7. The maximum Gasteiger partial charge on any atom is 0.343 e. The summed E-state index contributed by atoms with van der Waals surface area (Å²) in [5.41, 5.74) is 0.801. The van der Waals surface area contributed by atoms with E-state index in [1.165, 1.54) is 0 Å². The Hall–Kier alpha value is -2.34. The molecule has 26 heavy (non-hydrogen) atoms. The van der Waals surface area contributed by atoms with Crippen molar-refractivity contribution in [1.29, 1.82) is 0 Å². The van der Waals surface area contributed by atoms with Gasteiger partial charge in [-0.05, 0) is 78.7 Å². The van der Waals surface area contributed by atoms with Crippen LogP contribution in [0.25, 0.3) is 0 Å². The lowest BCUT2D eigenvalue weighted by atomic mass is 10.2. The molecule has 5 nitrogen and oxygen atoms in total. The Labute approximate surface area is 161 Å². The van der Waals surface area contributed by atoms with Gasteiger partial charge in [-0.3, -0.25) is 0 Å². The van der Waals surface area contributed by atoms with Gasteiger partial charge in [-0.25, -0.2) is 9.59 Å². The Morgan fingerprint density at radius 1 is 1.00 bits per heavy atom. The van der Waals surface area contributed by atoms with Gasteiger partial charge in [0.15, 0.2) is 0 Å². The molecule has 0 spiro atoms. The van der Waals surface area contributed by atoms with Crippen LogP contribution in [0.3, 0.4) is 0 Å². The first-order valence-corrected chi connectivity index (χ1v) is 9.15. The van der Waals surface area contributed by atoms with Gasteiger partial charge in [0.05, 0.1) is 28.3 Å². The van der Waals surface area contributed by atoms with E-state index in [-0.39, 0.29) is 6.10 Å². The molecule has 2 rings (SSSR count). The summed E-state index contributed by atoms with van der Waals surface area (Å²) in [4.78, 5) is 24.0. The zero-order valence-electron chi connectivity index (χ0n) is 15.0. The molecule has 0 saturated heterocycles. The van der Waals surface area contributed by atoms with Crippen LogP contribution in [0.2, 0.25) is 0 Å². The standard InChI is InChI=1S/C20H21BrO5/c1-4-11-24-19(22)14-5-8-16(9-6-14)26-20(23)15-7-10-18(17(21)12-15)25-13(2)3/h5-10,12-13H,4,11H2,1-3H3. The minimum absolute atomic E-state index is 0.0339. The molecule has 0 atom stereocenters. The van der Waals surface area contributed by atoms with Gasteiger partial charge in [-0.1, -0.05) is 6.92 Å². The van der Waals surface area contributed by atoms with Crippen LogP contribution in [0.1, 0.15) is 47.9 Å². The Morgan fingerprint density at radius 2 is 1.65 bits per heavy atom. The largest absolute Gasteiger partial charge is 0.490 e. The first-order chi connectivity index (χ1) is 12.4. The fourth-order valence-electron chi connectivity index (χ4n) is 2.08. The van der Waals surface area contributed by atoms with Gasteiger partial charge < -0.3 is 14.2 Å². The molecule has 0 bridgehead atoms. The van der Waals surface area contributed by atoms with Crippen LogP contribution < -0.4 is 9.47 Å². The van der Waals surface area contributed by atoms with Crippen molar-refractivity contribution in [2.24, 2.45) is 0 Å². The van der Waals surface area contributed by atoms with Crippen LogP contribution in [0.15, 0.2) is 46.9 Å². The highest BCUT2D eigenvalue weighted by atomic mass is 79.9. The first-order valence-electron chi connectivity index (χ1n) is 8.36. The third-order valence-electron chi connectivity index (χ3n) is 3.27. The van der Waals surface area contributed by atoms with Crippen molar-refractivity contribution in [3.05, 3.63) is 58.1 Å². The van der Waals surface area contributed by atoms with Crippen molar-refractivity contribution in [2.75, 3.05) is 6.61 Å². The molecule has 138 valence electrons. The summed E-state index contributed by atoms with van der Waals surface area (Å²) in [6, 6.07) is 11.3. The second kappa shape index (κ2) is 9.38. The minimum Gasteiger partial charge on any atom is -0.490 e. The van der Waals surface area contributed by atoms with Crippen LogP contribution in [-0.4, -0.2) is 24.6 Å². The number of carbonyl (C=O) groups excluding carboxylic acids is 2. The number of carbonyl (C=O) groups is 2. The number of benzene rings is 2. The van der Waals surface area contributed by atoms with Gasteiger partial charge in [0, 0.05) is 0 Å². The molecule has 0 fully saturated rings. The van der Waals surface area contributed by atoms with Crippen LogP contribution >= 0.6 is 15.9 Å². The molecular formula is C20H21BrO5. The predicted octanol–water partition coefficient (Wildman–Crippen LogP) is 5.02. The summed E-state index contributed by atoms with van der Waals surface area (Å²) >= 11 is 3.39. The third kappa shape index (κ3) is 5.59. The van der Waals surface area contributed by atoms with E-state index in [1.807, 2.05) is 20.8 Å². The maximum atomic E-state index is 12.3. The summed E-state index contributed by atoms with van der Waals surface area (Å²) in [6.45, 7) is 6.16. The fourth-order valence-corrected chi connectivity index (χ4v) is 2.55. The normalized spacial score (nSPS) is 10.5. The molecule has 6 heteroatoms. The van der Waals surface area contributed by atoms with Gasteiger partial charge in [0.25, 0.3) is 0 Å². The summed E-state index contributed by atoms with van der Waals surface area (Å²) in [6.07, 6.45) is 0.796. The van der Waals surface area contributed by atoms with Crippen molar-refractivity contribution < 1.29 is 23.8 Å². The van der Waals surface area contributed by atoms with E-state index >= 15 is 0 Å². The van der Waals surface area contributed by atoms with Crippen LogP contribution in [0.5, 0.6) is 11.5 Å². The Balaban J connectivity index is 2.03. The zero-order chi connectivity index (χ0) is 19.1. The number of hydrogen-bond acceptors (Lipinski definition) is 5. The van der Waals surface area contributed by atoms with Gasteiger partial charge in [-0.2, -0.15) is 0 Å². The summed E-state index contributed by atoms with van der Waals surface area (Å²) in [7, 11) is 0. The second-order valence-electron chi connectivity index (χ2n) is 5.86. The highest BCUT2D eigenvalue weighted by molar-refractivity contribution is 9.10.